The normalized spacial score (nSPS) is 12.1. The Morgan fingerprint density at radius 1 is 1.50 bits per heavy atom. The van der Waals surface area contributed by atoms with Crippen LogP contribution in [-0.4, -0.2) is 46.3 Å². The second kappa shape index (κ2) is 6.70. The van der Waals surface area contributed by atoms with E-state index in [-0.39, 0.29) is 12.5 Å². The summed E-state index contributed by atoms with van der Waals surface area (Å²) in [5, 5.41) is 17.8. The van der Waals surface area contributed by atoms with Crippen molar-refractivity contribution in [2.45, 2.75) is 26.3 Å². The Balaban J connectivity index is 2.26. The molecule has 8 nitrogen and oxygen atoms in total. The van der Waals surface area contributed by atoms with E-state index in [9.17, 15) is 9.59 Å². The first-order valence-electron chi connectivity index (χ1n) is 5.49. The fraction of sp³-hybridized carbons (Fsp3) is 0.600. The Labute approximate surface area is 104 Å². The summed E-state index contributed by atoms with van der Waals surface area (Å²) in [6.45, 7) is 3.62. The quantitative estimate of drug-likeness (QED) is 0.541. The van der Waals surface area contributed by atoms with Crippen molar-refractivity contribution in [1.29, 1.82) is 0 Å². The molecule has 1 atom stereocenters. The van der Waals surface area contributed by atoms with Crippen molar-refractivity contribution >= 4 is 11.9 Å². The molecule has 18 heavy (non-hydrogen) atoms. The molecule has 0 saturated carbocycles. The molecule has 3 N–H and O–H groups in total. The summed E-state index contributed by atoms with van der Waals surface area (Å²) in [5.74, 6) is -0.399. The Morgan fingerprint density at radius 3 is 2.72 bits per heavy atom. The number of hydrogen-bond acceptors (Lipinski definition) is 6. The third-order valence-corrected chi connectivity index (χ3v) is 2.12. The predicted molar refractivity (Wildman–Crippen MR) is 60.8 cm³/mol. The average Bonchev–Trinajstić information content (AvgIpc) is 2.68. The average molecular weight is 256 g/mol. The first-order valence-corrected chi connectivity index (χ1v) is 5.49. The van der Waals surface area contributed by atoms with Crippen LogP contribution >= 0.6 is 0 Å². The zero-order valence-corrected chi connectivity index (χ0v) is 10.3. The Bertz CT molecular complexity index is 418. The zero-order valence-electron chi connectivity index (χ0n) is 10.3. The van der Waals surface area contributed by atoms with Gasteiger partial charge in [0.25, 0.3) is 0 Å². The minimum atomic E-state index is -1.08. The van der Waals surface area contributed by atoms with Crippen LogP contribution in [0.2, 0.25) is 0 Å². The molecule has 1 aromatic heterocycles. The second-order valence-corrected chi connectivity index (χ2v) is 3.78. The summed E-state index contributed by atoms with van der Waals surface area (Å²) in [6, 6.07) is -0.936. The molecule has 0 radical (unpaired) electrons. The number of amides is 1. The molecular formula is C10H16N4O4. The number of hydrogen-bond donors (Lipinski definition) is 3. The molecule has 1 rings (SSSR count). The maximum Gasteiger partial charge on any atom is 0.327 e. The molecule has 0 aliphatic rings. The van der Waals surface area contributed by atoms with Gasteiger partial charge in [0.05, 0.1) is 0 Å². The van der Waals surface area contributed by atoms with Crippen LogP contribution < -0.4 is 10.6 Å². The molecule has 1 amide bonds. The van der Waals surface area contributed by atoms with Gasteiger partial charge >= 0.3 is 5.97 Å². The van der Waals surface area contributed by atoms with E-state index in [1.165, 1.54) is 6.92 Å². The standard InChI is InChI=1S/C10H16N4O4/c1-6(15)12-8(10(16)17)5-11-4-3-9-13-7(2)18-14-9/h8,11H,3-5H2,1-2H3,(H,12,15)(H,16,17). The summed E-state index contributed by atoms with van der Waals surface area (Å²) >= 11 is 0. The summed E-state index contributed by atoms with van der Waals surface area (Å²) in [6.07, 6.45) is 0.531. The smallest absolute Gasteiger partial charge is 0.327 e. The number of nitrogens with zero attached hydrogens (tertiary/aromatic N) is 2. The van der Waals surface area contributed by atoms with Gasteiger partial charge in [-0.05, 0) is 0 Å². The number of carbonyl (C=O) groups excluding carboxylic acids is 1. The van der Waals surface area contributed by atoms with Crippen molar-refractivity contribution in [3.63, 3.8) is 0 Å². The molecule has 0 spiro atoms. The van der Waals surface area contributed by atoms with Gasteiger partial charge in [0, 0.05) is 33.4 Å². The Morgan fingerprint density at radius 2 is 2.22 bits per heavy atom. The number of rotatable bonds is 7. The number of aryl methyl sites for hydroxylation is 1. The SMILES string of the molecule is CC(=O)NC(CNCCc1noc(C)n1)C(=O)O. The van der Waals surface area contributed by atoms with Gasteiger partial charge in [-0.25, -0.2) is 4.79 Å². The Kier molecular flexibility index (Phi) is 5.25. The zero-order chi connectivity index (χ0) is 13.5. The van der Waals surface area contributed by atoms with Gasteiger partial charge in [0.15, 0.2) is 5.82 Å². The molecule has 0 aliphatic carbocycles. The number of aromatic nitrogens is 2. The van der Waals surface area contributed by atoms with E-state index in [1.54, 1.807) is 6.92 Å². The van der Waals surface area contributed by atoms with E-state index in [1.807, 2.05) is 0 Å². The van der Waals surface area contributed by atoms with E-state index < -0.39 is 12.0 Å². The van der Waals surface area contributed by atoms with Gasteiger partial charge in [0.1, 0.15) is 6.04 Å². The maximum atomic E-state index is 10.8. The van der Waals surface area contributed by atoms with E-state index in [0.717, 1.165) is 0 Å². The molecule has 1 aromatic rings. The number of nitrogens with one attached hydrogen (secondary N) is 2. The summed E-state index contributed by atoms with van der Waals surface area (Å²) < 4.78 is 4.79. The van der Waals surface area contributed by atoms with Crippen molar-refractivity contribution in [3.8, 4) is 0 Å². The summed E-state index contributed by atoms with van der Waals surface area (Å²) in [7, 11) is 0. The van der Waals surface area contributed by atoms with E-state index in [4.69, 9.17) is 9.63 Å². The third-order valence-electron chi connectivity index (χ3n) is 2.12. The lowest BCUT2D eigenvalue weighted by atomic mass is 10.3. The van der Waals surface area contributed by atoms with Gasteiger partial charge in [-0.15, -0.1) is 0 Å². The summed E-state index contributed by atoms with van der Waals surface area (Å²) in [5.41, 5.74) is 0. The van der Waals surface area contributed by atoms with Gasteiger partial charge in [-0.1, -0.05) is 5.16 Å². The number of aliphatic carboxylic acids is 1. The van der Waals surface area contributed by atoms with Gasteiger partial charge < -0.3 is 20.3 Å². The first kappa shape index (κ1) is 14.1. The number of carbonyl (C=O) groups is 2. The predicted octanol–water partition coefficient (Wildman–Crippen LogP) is -0.901. The van der Waals surface area contributed by atoms with Crippen LogP contribution in [0, 0.1) is 6.92 Å². The van der Waals surface area contributed by atoms with Crippen LogP contribution in [0.3, 0.4) is 0 Å². The van der Waals surface area contributed by atoms with Crippen LogP contribution in [0.25, 0.3) is 0 Å². The second-order valence-electron chi connectivity index (χ2n) is 3.78. The monoisotopic (exact) mass is 256 g/mol. The lowest BCUT2D eigenvalue weighted by Gasteiger charge is -2.13. The number of carboxylic acid groups (broad SMARTS) is 1. The Hall–Kier alpha value is -1.96. The maximum absolute atomic E-state index is 10.8. The molecule has 0 fully saturated rings. The van der Waals surface area contributed by atoms with Crippen LogP contribution in [0.1, 0.15) is 18.6 Å². The first-order chi connectivity index (χ1) is 8.49. The van der Waals surface area contributed by atoms with Crippen LogP contribution in [0.4, 0.5) is 0 Å². The van der Waals surface area contributed by atoms with Crippen molar-refractivity contribution in [3.05, 3.63) is 11.7 Å². The fourth-order valence-corrected chi connectivity index (χ4v) is 1.33. The minimum absolute atomic E-state index is 0.145. The molecule has 1 heterocycles. The van der Waals surface area contributed by atoms with E-state index in [2.05, 4.69) is 20.8 Å². The number of carboxylic acids is 1. The van der Waals surface area contributed by atoms with Crippen molar-refractivity contribution in [2.75, 3.05) is 13.1 Å². The van der Waals surface area contributed by atoms with Crippen molar-refractivity contribution < 1.29 is 19.2 Å². The topological polar surface area (TPSA) is 117 Å². The minimum Gasteiger partial charge on any atom is -0.480 e. The highest BCUT2D eigenvalue weighted by Gasteiger charge is 2.17. The molecule has 100 valence electrons. The van der Waals surface area contributed by atoms with Gasteiger partial charge in [-0.2, -0.15) is 4.98 Å². The van der Waals surface area contributed by atoms with Gasteiger partial charge in [-0.3, -0.25) is 4.79 Å². The van der Waals surface area contributed by atoms with Crippen molar-refractivity contribution in [1.82, 2.24) is 20.8 Å². The highest BCUT2D eigenvalue weighted by molar-refractivity contribution is 5.82. The molecule has 1 unspecified atom stereocenters. The third kappa shape index (κ3) is 4.91. The van der Waals surface area contributed by atoms with Gasteiger partial charge in [0.2, 0.25) is 11.8 Å². The fourth-order valence-electron chi connectivity index (χ4n) is 1.33. The molecule has 8 heteroatoms. The largest absolute Gasteiger partial charge is 0.480 e. The van der Waals surface area contributed by atoms with Crippen LogP contribution in [-0.2, 0) is 16.0 Å². The molecule has 0 saturated heterocycles. The van der Waals surface area contributed by atoms with E-state index in [0.29, 0.717) is 24.7 Å². The molecule has 0 bridgehead atoms. The van der Waals surface area contributed by atoms with Crippen molar-refractivity contribution in [2.24, 2.45) is 0 Å². The highest BCUT2D eigenvalue weighted by Crippen LogP contribution is 1.94. The van der Waals surface area contributed by atoms with E-state index >= 15 is 0 Å². The lowest BCUT2D eigenvalue weighted by molar-refractivity contribution is -0.141. The van der Waals surface area contributed by atoms with Crippen LogP contribution in [0.5, 0.6) is 0 Å². The molecular weight excluding hydrogens is 240 g/mol. The van der Waals surface area contributed by atoms with Crippen LogP contribution in [0.15, 0.2) is 4.52 Å². The summed E-state index contributed by atoms with van der Waals surface area (Å²) in [4.78, 5) is 25.6. The molecule has 0 aliphatic heterocycles. The molecule has 0 aromatic carbocycles. The lowest BCUT2D eigenvalue weighted by Crippen LogP contribution is -2.46. The highest BCUT2D eigenvalue weighted by atomic mass is 16.5.